The number of nitrogens with two attached hydrogens (primary N) is 2. The minimum absolute atomic E-state index is 0.0885. The summed E-state index contributed by atoms with van der Waals surface area (Å²) in [5.74, 6) is -0.404. The number of anilines is 1. The lowest BCUT2D eigenvalue weighted by atomic mass is 10.1. The Bertz CT molecular complexity index is 1410. The summed E-state index contributed by atoms with van der Waals surface area (Å²) in [5.41, 5.74) is 15.6. The molecule has 0 aliphatic heterocycles. The second kappa shape index (κ2) is 9.23. The molecule has 35 heavy (non-hydrogen) atoms. The van der Waals surface area contributed by atoms with Crippen molar-refractivity contribution in [3.63, 3.8) is 0 Å². The summed E-state index contributed by atoms with van der Waals surface area (Å²) in [5, 5.41) is 11.9. The lowest BCUT2D eigenvalue weighted by molar-refractivity contribution is 0.0566. The van der Waals surface area contributed by atoms with Crippen LogP contribution in [0.1, 0.15) is 31.4 Å². The van der Waals surface area contributed by atoms with Crippen LogP contribution in [-0.4, -0.2) is 37.3 Å². The van der Waals surface area contributed by atoms with E-state index in [2.05, 4.69) is 20.5 Å². The number of halogens is 4. The van der Waals surface area contributed by atoms with Crippen molar-refractivity contribution in [2.24, 2.45) is 16.5 Å². The number of aromatic nitrogens is 4. The van der Waals surface area contributed by atoms with Gasteiger partial charge in [-0.2, -0.15) is 19.0 Å². The molecule has 0 saturated heterocycles. The summed E-state index contributed by atoms with van der Waals surface area (Å²) in [4.78, 5) is 4.35. The van der Waals surface area contributed by atoms with Crippen LogP contribution < -0.4 is 16.8 Å². The highest BCUT2D eigenvalue weighted by Gasteiger charge is 2.25. The molecule has 1 aromatic carbocycles. The highest BCUT2D eigenvalue weighted by atomic mass is 35.5. The molecule has 5 N–H and O–H groups in total. The summed E-state index contributed by atoms with van der Waals surface area (Å²) >= 11 is 6.17. The first-order valence-electron chi connectivity index (χ1n) is 10.9. The lowest BCUT2D eigenvalue weighted by Gasteiger charge is -2.18. The van der Waals surface area contributed by atoms with Gasteiger partial charge in [0.05, 0.1) is 39.9 Å². The zero-order chi connectivity index (χ0) is 24.7. The Morgan fingerprint density at radius 2 is 1.97 bits per heavy atom. The van der Waals surface area contributed by atoms with Gasteiger partial charge in [-0.15, -0.1) is 0 Å². The maximum Gasteiger partial charge on any atom is 0.333 e. The van der Waals surface area contributed by atoms with Gasteiger partial charge in [0.15, 0.2) is 0 Å². The van der Waals surface area contributed by atoms with Gasteiger partial charge >= 0.3 is 6.55 Å². The fourth-order valence-electron chi connectivity index (χ4n) is 4.27. The molecule has 1 saturated carbocycles. The van der Waals surface area contributed by atoms with E-state index in [1.807, 2.05) is 6.07 Å². The number of rotatable bonds is 6. The zero-order valence-electron chi connectivity index (χ0n) is 18.4. The molecule has 0 amide bonds. The van der Waals surface area contributed by atoms with Gasteiger partial charge < -0.3 is 16.8 Å². The van der Waals surface area contributed by atoms with E-state index >= 15 is 0 Å². The maximum absolute atomic E-state index is 13.7. The molecule has 12 heteroatoms. The van der Waals surface area contributed by atoms with Crippen molar-refractivity contribution in [1.82, 2.24) is 19.4 Å². The van der Waals surface area contributed by atoms with E-state index in [1.54, 1.807) is 16.9 Å². The Hall–Kier alpha value is -3.57. The molecule has 0 radical (unpaired) electrons. The van der Waals surface area contributed by atoms with E-state index in [0.717, 1.165) is 19.3 Å². The maximum atomic E-state index is 13.7. The first-order chi connectivity index (χ1) is 16.8. The third kappa shape index (κ3) is 4.69. The molecular formula is C23H22ClF3N8. The van der Waals surface area contributed by atoms with Crippen molar-refractivity contribution in [3.8, 4) is 11.1 Å². The summed E-state index contributed by atoms with van der Waals surface area (Å²) in [6.07, 6.45) is 8.43. The molecule has 0 bridgehead atoms. The number of nitrogens with zero attached hydrogens (tertiary/aromatic N) is 5. The minimum Gasteiger partial charge on any atom is -0.383 e. The Morgan fingerprint density at radius 1 is 1.14 bits per heavy atom. The van der Waals surface area contributed by atoms with Gasteiger partial charge in [0.2, 0.25) is 0 Å². The number of nitrogens with one attached hydrogen (secondary N) is 1. The molecule has 0 unspecified atom stereocenters. The molecule has 4 aromatic rings. The summed E-state index contributed by atoms with van der Waals surface area (Å²) in [6.45, 7) is -2.74. The highest BCUT2D eigenvalue weighted by molar-refractivity contribution is 6.33. The number of benzene rings is 1. The monoisotopic (exact) mass is 502 g/mol. The number of amidine groups is 1. The van der Waals surface area contributed by atoms with Crippen molar-refractivity contribution >= 4 is 34.3 Å². The first kappa shape index (κ1) is 23.2. The van der Waals surface area contributed by atoms with Gasteiger partial charge in [-0.3, -0.25) is 0 Å². The van der Waals surface area contributed by atoms with E-state index < -0.39 is 12.4 Å². The predicted octanol–water partition coefficient (Wildman–Crippen LogP) is 4.71. The van der Waals surface area contributed by atoms with Crippen molar-refractivity contribution < 1.29 is 13.2 Å². The molecule has 182 valence electrons. The van der Waals surface area contributed by atoms with E-state index in [0.29, 0.717) is 32.6 Å². The zero-order valence-corrected chi connectivity index (χ0v) is 19.1. The second-order valence-electron chi connectivity index (χ2n) is 8.49. The highest BCUT2D eigenvalue weighted by Crippen LogP contribution is 2.33. The van der Waals surface area contributed by atoms with Gasteiger partial charge in [-0.1, -0.05) is 11.6 Å². The van der Waals surface area contributed by atoms with Crippen LogP contribution in [0.25, 0.3) is 16.6 Å². The third-order valence-electron chi connectivity index (χ3n) is 6.02. The third-order valence-corrected chi connectivity index (χ3v) is 6.34. The van der Waals surface area contributed by atoms with Crippen LogP contribution >= 0.6 is 11.6 Å². The summed E-state index contributed by atoms with van der Waals surface area (Å²) < 4.78 is 42.0. The van der Waals surface area contributed by atoms with E-state index in [9.17, 15) is 13.2 Å². The molecule has 1 fully saturated rings. The van der Waals surface area contributed by atoms with E-state index in [1.165, 1.54) is 30.6 Å². The van der Waals surface area contributed by atoms with Crippen LogP contribution in [-0.2, 0) is 0 Å². The Balaban J connectivity index is 1.61. The van der Waals surface area contributed by atoms with Crippen LogP contribution in [0, 0.1) is 5.82 Å². The molecule has 2 atom stereocenters. The SMILES string of the molecule is NC(=Nc1cc(F)ccc1Cl)c1cnn2cc(-c3cnn(C(F)F)c3)cc2c1N[C@H]1CC[C@@H](N)C1. The number of hydrogen-bond acceptors (Lipinski definition) is 5. The fourth-order valence-corrected chi connectivity index (χ4v) is 4.43. The normalized spacial score (nSPS) is 18.6. The quantitative estimate of drug-likeness (QED) is 0.261. The molecular weight excluding hydrogens is 481 g/mol. The second-order valence-corrected chi connectivity index (χ2v) is 8.89. The number of fused-ring (bicyclic) bond motifs is 1. The van der Waals surface area contributed by atoms with Crippen molar-refractivity contribution in [2.75, 3.05) is 5.32 Å². The molecule has 8 nitrogen and oxygen atoms in total. The number of aliphatic imine (C=N–C) groups is 1. The molecule has 1 aliphatic carbocycles. The van der Waals surface area contributed by atoms with Crippen molar-refractivity contribution in [2.45, 2.75) is 37.9 Å². The van der Waals surface area contributed by atoms with Crippen LogP contribution in [0.15, 0.2) is 54.0 Å². The van der Waals surface area contributed by atoms with Crippen molar-refractivity contribution in [3.05, 3.63) is 65.5 Å². The van der Waals surface area contributed by atoms with Crippen LogP contribution in [0.4, 0.5) is 24.5 Å². The van der Waals surface area contributed by atoms with Gasteiger partial charge in [0.1, 0.15) is 11.7 Å². The Morgan fingerprint density at radius 3 is 2.69 bits per heavy atom. The van der Waals surface area contributed by atoms with Gasteiger partial charge in [-0.25, -0.2) is 18.6 Å². The Labute approximate surface area is 203 Å². The topological polar surface area (TPSA) is 112 Å². The first-order valence-corrected chi connectivity index (χ1v) is 11.3. The van der Waals surface area contributed by atoms with Crippen molar-refractivity contribution in [1.29, 1.82) is 0 Å². The average Bonchev–Trinajstić information content (AvgIpc) is 3.55. The summed E-state index contributed by atoms with van der Waals surface area (Å²) in [6, 6.07) is 5.83. The Kier molecular flexibility index (Phi) is 6.12. The smallest absolute Gasteiger partial charge is 0.333 e. The standard InChI is InChI=1S/C23H22ClF3N8/c24-18-4-1-14(25)6-19(18)33-22(29)17-9-31-34-10-12(13-8-30-35(11-13)23(26)27)5-20(34)21(17)32-16-3-2-15(28)7-16/h1,4-6,8-11,15-16,23,32H,2-3,7,28H2,(H2,29,33)/t15-,16+/m1/s1. The largest absolute Gasteiger partial charge is 0.383 e. The van der Waals surface area contributed by atoms with Crippen LogP contribution in [0.3, 0.4) is 0 Å². The number of hydrogen-bond donors (Lipinski definition) is 3. The molecule has 3 aromatic heterocycles. The lowest BCUT2D eigenvalue weighted by Crippen LogP contribution is -2.24. The minimum atomic E-state index is -2.74. The van der Waals surface area contributed by atoms with Crippen LogP contribution in [0.2, 0.25) is 5.02 Å². The fraction of sp³-hybridized carbons (Fsp3) is 0.261. The summed E-state index contributed by atoms with van der Waals surface area (Å²) in [7, 11) is 0. The van der Waals surface area contributed by atoms with Gasteiger partial charge in [-0.05, 0) is 37.5 Å². The number of alkyl halides is 2. The van der Waals surface area contributed by atoms with Gasteiger partial charge in [0, 0.05) is 41.7 Å². The average molecular weight is 503 g/mol. The van der Waals surface area contributed by atoms with Gasteiger partial charge in [0.25, 0.3) is 0 Å². The van der Waals surface area contributed by atoms with E-state index in [4.69, 9.17) is 23.1 Å². The molecule has 0 spiro atoms. The predicted molar refractivity (Wildman–Crippen MR) is 129 cm³/mol. The molecule has 3 heterocycles. The van der Waals surface area contributed by atoms with E-state index in [-0.39, 0.29) is 28.6 Å². The van der Waals surface area contributed by atoms with Crippen LogP contribution in [0.5, 0.6) is 0 Å². The molecule has 1 aliphatic rings. The molecule has 5 rings (SSSR count).